The molecule has 1 aliphatic rings. The molecule has 18 heavy (non-hydrogen) atoms. The number of hydrogen-bond acceptors (Lipinski definition) is 4. The van der Waals surface area contributed by atoms with Crippen molar-refractivity contribution in [2.24, 2.45) is 11.7 Å². The molecule has 0 spiro atoms. The second kappa shape index (κ2) is 6.38. The van der Waals surface area contributed by atoms with E-state index in [9.17, 15) is 9.90 Å². The van der Waals surface area contributed by atoms with E-state index in [-0.39, 0.29) is 18.1 Å². The Bertz CT molecular complexity index is 268. The number of rotatable bonds is 3. The Morgan fingerprint density at radius 1 is 1.44 bits per heavy atom. The minimum atomic E-state index is -0.451. The van der Waals surface area contributed by atoms with Crippen molar-refractivity contribution in [3.05, 3.63) is 0 Å². The van der Waals surface area contributed by atoms with Crippen molar-refractivity contribution in [3.63, 3.8) is 0 Å². The Kier molecular flexibility index (Phi) is 5.41. The van der Waals surface area contributed by atoms with Crippen LogP contribution >= 0.6 is 0 Å². The number of hydrogen-bond donors (Lipinski definition) is 2. The SMILES string of the molecule is CC(C)(C)OC(=O)N1CCC([C@@H](O)CCN)CC1. The van der Waals surface area contributed by atoms with Crippen LogP contribution in [0.15, 0.2) is 0 Å². The molecule has 0 unspecified atom stereocenters. The summed E-state index contributed by atoms with van der Waals surface area (Å²) in [5.74, 6) is 0.257. The maximum atomic E-state index is 11.8. The summed E-state index contributed by atoms with van der Waals surface area (Å²) in [6, 6.07) is 0. The van der Waals surface area contributed by atoms with Gasteiger partial charge in [0.25, 0.3) is 0 Å². The number of aliphatic hydroxyl groups is 1. The van der Waals surface area contributed by atoms with E-state index in [0.717, 1.165) is 12.8 Å². The van der Waals surface area contributed by atoms with E-state index in [2.05, 4.69) is 0 Å². The lowest BCUT2D eigenvalue weighted by atomic mass is 9.90. The van der Waals surface area contributed by atoms with Gasteiger partial charge < -0.3 is 20.5 Å². The Morgan fingerprint density at radius 3 is 2.44 bits per heavy atom. The van der Waals surface area contributed by atoms with Gasteiger partial charge in [0.15, 0.2) is 0 Å². The van der Waals surface area contributed by atoms with E-state index >= 15 is 0 Å². The predicted molar refractivity (Wildman–Crippen MR) is 70.2 cm³/mol. The Hall–Kier alpha value is -0.810. The number of piperidine rings is 1. The second-order valence-corrected chi connectivity index (χ2v) is 5.95. The van der Waals surface area contributed by atoms with Gasteiger partial charge in [-0.3, -0.25) is 0 Å². The largest absolute Gasteiger partial charge is 0.444 e. The Balaban J connectivity index is 2.37. The zero-order chi connectivity index (χ0) is 13.8. The molecule has 1 saturated heterocycles. The van der Waals surface area contributed by atoms with Crippen molar-refractivity contribution in [2.75, 3.05) is 19.6 Å². The number of carbonyl (C=O) groups is 1. The first-order valence-corrected chi connectivity index (χ1v) is 6.69. The Morgan fingerprint density at radius 2 is 2.00 bits per heavy atom. The highest BCUT2D eigenvalue weighted by Crippen LogP contribution is 2.23. The maximum absolute atomic E-state index is 11.8. The molecule has 1 fully saturated rings. The van der Waals surface area contributed by atoms with Crippen molar-refractivity contribution in [2.45, 2.75) is 51.7 Å². The molecule has 0 radical (unpaired) electrons. The summed E-state index contributed by atoms with van der Waals surface area (Å²) in [7, 11) is 0. The first-order chi connectivity index (χ1) is 8.33. The van der Waals surface area contributed by atoms with Gasteiger partial charge in [-0.1, -0.05) is 0 Å². The van der Waals surface area contributed by atoms with Crippen molar-refractivity contribution >= 4 is 6.09 Å². The smallest absolute Gasteiger partial charge is 0.410 e. The highest BCUT2D eigenvalue weighted by molar-refractivity contribution is 5.68. The van der Waals surface area contributed by atoms with Crippen molar-refractivity contribution < 1.29 is 14.6 Å². The summed E-state index contributed by atoms with van der Waals surface area (Å²) in [5, 5.41) is 9.87. The molecular weight excluding hydrogens is 232 g/mol. The number of amides is 1. The minimum absolute atomic E-state index is 0.255. The number of nitrogens with two attached hydrogens (primary N) is 1. The maximum Gasteiger partial charge on any atom is 0.410 e. The lowest BCUT2D eigenvalue weighted by Crippen LogP contribution is -2.43. The van der Waals surface area contributed by atoms with Gasteiger partial charge in [0.05, 0.1) is 6.10 Å². The number of likely N-dealkylation sites (tertiary alicyclic amines) is 1. The lowest BCUT2D eigenvalue weighted by molar-refractivity contribution is 0.00721. The molecule has 1 heterocycles. The number of aliphatic hydroxyl groups excluding tert-OH is 1. The lowest BCUT2D eigenvalue weighted by Gasteiger charge is -2.35. The summed E-state index contributed by atoms with van der Waals surface area (Å²) < 4.78 is 5.32. The Labute approximate surface area is 109 Å². The van der Waals surface area contributed by atoms with Crippen LogP contribution in [-0.2, 0) is 4.74 Å². The average molecular weight is 258 g/mol. The molecule has 5 heteroatoms. The first-order valence-electron chi connectivity index (χ1n) is 6.69. The fourth-order valence-electron chi connectivity index (χ4n) is 2.20. The fourth-order valence-corrected chi connectivity index (χ4v) is 2.20. The van der Waals surface area contributed by atoms with E-state index < -0.39 is 5.60 Å². The molecule has 0 aromatic carbocycles. The minimum Gasteiger partial charge on any atom is -0.444 e. The summed E-state index contributed by atoms with van der Waals surface area (Å²) in [4.78, 5) is 13.6. The number of nitrogens with zero attached hydrogens (tertiary/aromatic N) is 1. The summed E-state index contributed by atoms with van der Waals surface area (Å²) in [6.07, 6.45) is 1.68. The zero-order valence-electron chi connectivity index (χ0n) is 11.7. The van der Waals surface area contributed by atoms with Crippen LogP contribution in [0.1, 0.15) is 40.0 Å². The third-order valence-corrected chi connectivity index (χ3v) is 3.20. The molecule has 0 aromatic rings. The topological polar surface area (TPSA) is 75.8 Å². The predicted octanol–water partition coefficient (Wildman–Crippen LogP) is 1.34. The second-order valence-electron chi connectivity index (χ2n) is 5.95. The van der Waals surface area contributed by atoms with Crippen LogP contribution in [0.3, 0.4) is 0 Å². The first kappa shape index (κ1) is 15.2. The van der Waals surface area contributed by atoms with Crippen molar-refractivity contribution in [1.82, 2.24) is 4.90 Å². The quantitative estimate of drug-likeness (QED) is 0.801. The molecule has 1 aliphatic heterocycles. The molecule has 0 bridgehead atoms. The van der Waals surface area contributed by atoms with Crippen LogP contribution in [0.25, 0.3) is 0 Å². The van der Waals surface area contributed by atoms with Crippen LogP contribution in [0, 0.1) is 5.92 Å². The fraction of sp³-hybridized carbons (Fsp3) is 0.923. The summed E-state index contributed by atoms with van der Waals surface area (Å²) in [5.41, 5.74) is 4.99. The van der Waals surface area contributed by atoms with Crippen LogP contribution in [0.4, 0.5) is 4.79 Å². The molecule has 1 rings (SSSR count). The number of carbonyl (C=O) groups excluding carboxylic acids is 1. The van der Waals surface area contributed by atoms with Gasteiger partial charge in [-0.25, -0.2) is 4.79 Å². The molecule has 3 N–H and O–H groups in total. The third kappa shape index (κ3) is 4.82. The van der Waals surface area contributed by atoms with Crippen LogP contribution in [-0.4, -0.2) is 47.4 Å². The monoisotopic (exact) mass is 258 g/mol. The van der Waals surface area contributed by atoms with Gasteiger partial charge in [0, 0.05) is 13.1 Å². The van der Waals surface area contributed by atoms with Gasteiger partial charge in [0.2, 0.25) is 0 Å². The molecule has 1 atom stereocenters. The third-order valence-electron chi connectivity index (χ3n) is 3.20. The molecular formula is C13H26N2O3. The molecule has 106 valence electrons. The van der Waals surface area contributed by atoms with Gasteiger partial charge in [0.1, 0.15) is 5.60 Å². The normalized spacial score (nSPS) is 19.7. The average Bonchev–Trinajstić information content (AvgIpc) is 2.27. The summed E-state index contributed by atoms with van der Waals surface area (Å²) >= 11 is 0. The summed E-state index contributed by atoms with van der Waals surface area (Å²) in [6.45, 7) is 7.41. The highest BCUT2D eigenvalue weighted by atomic mass is 16.6. The molecule has 0 saturated carbocycles. The molecule has 5 nitrogen and oxygen atoms in total. The van der Waals surface area contributed by atoms with Crippen LogP contribution in [0.2, 0.25) is 0 Å². The van der Waals surface area contributed by atoms with E-state index in [4.69, 9.17) is 10.5 Å². The van der Waals surface area contributed by atoms with Gasteiger partial charge in [-0.2, -0.15) is 0 Å². The van der Waals surface area contributed by atoms with Gasteiger partial charge in [-0.15, -0.1) is 0 Å². The van der Waals surface area contributed by atoms with E-state index in [1.807, 2.05) is 20.8 Å². The van der Waals surface area contributed by atoms with Gasteiger partial charge >= 0.3 is 6.09 Å². The van der Waals surface area contributed by atoms with Gasteiger partial charge in [-0.05, 0) is 52.5 Å². The number of ether oxygens (including phenoxy) is 1. The van der Waals surface area contributed by atoms with Crippen LogP contribution < -0.4 is 5.73 Å². The zero-order valence-corrected chi connectivity index (χ0v) is 11.7. The van der Waals surface area contributed by atoms with E-state index in [1.54, 1.807) is 4.90 Å². The molecule has 0 aromatic heterocycles. The highest BCUT2D eigenvalue weighted by Gasteiger charge is 2.29. The van der Waals surface area contributed by atoms with E-state index in [1.165, 1.54) is 0 Å². The van der Waals surface area contributed by atoms with E-state index in [0.29, 0.717) is 26.1 Å². The van der Waals surface area contributed by atoms with Crippen molar-refractivity contribution in [1.29, 1.82) is 0 Å². The van der Waals surface area contributed by atoms with Crippen LogP contribution in [0.5, 0.6) is 0 Å². The molecule has 0 aliphatic carbocycles. The molecule has 1 amide bonds. The van der Waals surface area contributed by atoms with Crippen molar-refractivity contribution in [3.8, 4) is 0 Å². The standard InChI is InChI=1S/C13H26N2O3/c1-13(2,3)18-12(17)15-8-5-10(6-9-15)11(16)4-7-14/h10-11,16H,4-9,14H2,1-3H3/t11-/m0/s1.